The van der Waals surface area contributed by atoms with Crippen LogP contribution >= 0.6 is 0 Å². The molecule has 2 rings (SSSR count). The molecule has 1 spiro atoms. The van der Waals surface area contributed by atoms with Gasteiger partial charge in [-0.25, -0.2) is 0 Å². The predicted octanol–water partition coefficient (Wildman–Crippen LogP) is 2.88. The average molecular weight is 255 g/mol. The number of nitrogens with one attached hydrogen (secondary N) is 1. The molecule has 0 aromatic heterocycles. The summed E-state index contributed by atoms with van der Waals surface area (Å²) in [6.07, 6.45) is 9.64. The Hall–Kier alpha value is -0.120. The van der Waals surface area contributed by atoms with Crippen LogP contribution in [0.1, 0.15) is 58.8 Å². The van der Waals surface area contributed by atoms with E-state index in [0.29, 0.717) is 12.1 Å². The molecule has 1 N–H and O–H groups in total. The summed E-state index contributed by atoms with van der Waals surface area (Å²) in [6.45, 7) is 6.81. The van der Waals surface area contributed by atoms with Crippen molar-refractivity contribution in [2.24, 2.45) is 0 Å². The predicted molar refractivity (Wildman–Crippen MR) is 73.9 cm³/mol. The van der Waals surface area contributed by atoms with Crippen LogP contribution in [0.25, 0.3) is 0 Å². The first kappa shape index (κ1) is 14.3. The fraction of sp³-hybridized carbons (Fsp3) is 1.00. The van der Waals surface area contributed by atoms with Gasteiger partial charge in [-0.05, 0) is 39.5 Å². The second-order valence-electron chi connectivity index (χ2n) is 5.99. The fourth-order valence-corrected chi connectivity index (χ4v) is 3.29. The molecule has 1 aliphatic heterocycles. The Morgan fingerprint density at radius 2 is 2.06 bits per heavy atom. The van der Waals surface area contributed by atoms with Crippen molar-refractivity contribution in [3.8, 4) is 0 Å². The lowest BCUT2D eigenvalue weighted by Gasteiger charge is -2.33. The van der Waals surface area contributed by atoms with Crippen LogP contribution in [0.3, 0.4) is 0 Å². The van der Waals surface area contributed by atoms with Gasteiger partial charge in [-0.15, -0.1) is 0 Å². The van der Waals surface area contributed by atoms with Crippen LogP contribution in [0.15, 0.2) is 0 Å². The number of hydrogen-bond donors (Lipinski definition) is 1. The van der Waals surface area contributed by atoms with Gasteiger partial charge in [0.05, 0.1) is 18.3 Å². The molecule has 1 heterocycles. The highest BCUT2D eigenvalue weighted by Gasteiger charge is 2.40. The van der Waals surface area contributed by atoms with Crippen LogP contribution in [0.4, 0.5) is 0 Å². The van der Waals surface area contributed by atoms with E-state index >= 15 is 0 Å². The standard InChI is InChI=1S/C15H29NO2/c1-3-17-12-13(2)16-11-14-7-10-15(18-14)8-5-4-6-9-15/h13-14,16H,3-12H2,1-2H3. The van der Waals surface area contributed by atoms with Gasteiger partial charge >= 0.3 is 0 Å². The second-order valence-corrected chi connectivity index (χ2v) is 5.99. The summed E-state index contributed by atoms with van der Waals surface area (Å²) in [6, 6.07) is 0.427. The molecule has 3 nitrogen and oxygen atoms in total. The van der Waals surface area contributed by atoms with Gasteiger partial charge in [0, 0.05) is 19.2 Å². The van der Waals surface area contributed by atoms with Crippen molar-refractivity contribution in [2.75, 3.05) is 19.8 Å². The molecule has 1 aliphatic carbocycles. The molecule has 106 valence electrons. The Morgan fingerprint density at radius 1 is 1.28 bits per heavy atom. The molecule has 0 aromatic rings. The third-order valence-corrected chi connectivity index (χ3v) is 4.37. The third-order valence-electron chi connectivity index (χ3n) is 4.37. The molecule has 0 aromatic carbocycles. The van der Waals surface area contributed by atoms with Gasteiger partial charge in [-0.3, -0.25) is 0 Å². The van der Waals surface area contributed by atoms with Crippen molar-refractivity contribution >= 4 is 0 Å². The molecule has 2 unspecified atom stereocenters. The highest BCUT2D eigenvalue weighted by Crippen LogP contribution is 2.41. The van der Waals surface area contributed by atoms with Crippen LogP contribution in [0.2, 0.25) is 0 Å². The van der Waals surface area contributed by atoms with Crippen LogP contribution in [-0.4, -0.2) is 37.5 Å². The van der Waals surface area contributed by atoms with E-state index in [1.807, 2.05) is 6.92 Å². The number of rotatable bonds is 6. The fourth-order valence-electron chi connectivity index (χ4n) is 3.29. The van der Waals surface area contributed by atoms with Crippen molar-refractivity contribution in [1.29, 1.82) is 0 Å². The SMILES string of the molecule is CCOCC(C)NCC1CCC2(CCCCC2)O1. The maximum absolute atomic E-state index is 6.34. The Kier molecular flexibility index (Phi) is 5.46. The van der Waals surface area contributed by atoms with Crippen LogP contribution in [-0.2, 0) is 9.47 Å². The van der Waals surface area contributed by atoms with E-state index in [1.165, 1.54) is 44.9 Å². The van der Waals surface area contributed by atoms with Crippen molar-refractivity contribution in [3.05, 3.63) is 0 Å². The van der Waals surface area contributed by atoms with Crippen LogP contribution in [0, 0.1) is 0 Å². The summed E-state index contributed by atoms with van der Waals surface area (Å²) in [5, 5.41) is 3.53. The smallest absolute Gasteiger partial charge is 0.0708 e. The lowest BCUT2D eigenvalue weighted by atomic mass is 9.83. The summed E-state index contributed by atoms with van der Waals surface area (Å²) < 4.78 is 11.8. The summed E-state index contributed by atoms with van der Waals surface area (Å²) in [4.78, 5) is 0. The quantitative estimate of drug-likeness (QED) is 0.791. The largest absolute Gasteiger partial charge is 0.380 e. The molecule has 0 radical (unpaired) electrons. The third kappa shape index (κ3) is 3.94. The molecule has 3 heteroatoms. The van der Waals surface area contributed by atoms with E-state index in [1.54, 1.807) is 0 Å². The van der Waals surface area contributed by atoms with Gasteiger partial charge in [0.15, 0.2) is 0 Å². The van der Waals surface area contributed by atoms with E-state index in [9.17, 15) is 0 Å². The van der Waals surface area contributed by atoms with Gasteiger partial charge in [0.25, 0.3) is 0 Å². The molecule has 2 aliphatic rings. The topological polar surface area (TPSA) is 30.5 Å². The van der Waals surface area contributed by atoms with Gasteiger partial charge in [-0.2, -0.15) is 0 Å². The van der Waals surface area contributed by atoms with Crippen molar-refractivity contribution in [3.63, 3.8) is 0 Å². The van der Waals surface area contributed by atoms with Crippen molar-refractivity contribution in [2.45, 2.75) is 76.5 Å². The average Bonchev–Trinajstić information content (AvgIpc) is 2.78. The molecule has 1 saturated carbocycles. The first-order chi connectivity index (χ1) is 8.74. The van der Waals surface area contributed by atoms with E-state index < -0.39 is 0 Å². The second kappa shape index (κ2) is 6.88. The van der Waals surface area contributed by atoms with Gasteiger partial charge in [0.1, 0.15) is 0 Å². The minimum Gasteiger partial charge on any atom is -0.380 e. The number of hydrogen-bond acceptors (Lipinski definition) is 3. The van der Waals surface area contributed by atoms with E-state index in [-0.39, 0.29) is 5.60 Å². The van der Waals surface area contributed by atoms with Gasteiger partial charge in [-0.1, -0.05) is 19.3 Å². The Bertz CT molecular complexity index is 239. The summed E-state index contributed by atoms with van der Waals surface area (Å²) in [5.74, 6) is 0. The zero-order valence-corrected chi connectivity index (χ0v) is 12.0. The zero-order valence-electron chi connectivity index (χ0n) is 12.0. The summed E-state index contributed by atoms with van der Waals surface area (Å²) in [7, 11) is 0. The molecular weight excluding hydrogens is 226 g/mol. The molecular formula is C15H29NO2. The first-order valence-corrected chi connectivity index (χ1v) is 7.73. The Balaban J connectivity index is 1.66. The minimum absolute atomic E-state index is 0.258. The highest BCUT2D eigenvalue weighted by atomic mass is 16.5. The van der Waals surface area contributed by atoms with E-state index in [0.717, 1.165) is 19.8 Å². The minimum atomic E-state index is 0.258. The molecule has 18 heavy (non-hydrogen) atoms. The lowest BCUT2D eigenvalue weighted by Crippen LogP contribution is -2.38. The Morgan fingerprint density at radius 3 is 2.78 bits per heavy atom. The summed E-state index contributed by atoms with van der Waals surface area (Å²) in [5.41, 5.74) is 0.258. The molecule has 2 atom stereocenters. The molecule has 2 fully saturated rings. The maximum Gasteiger partial charge on any atom is 0.0708 e. The van der Waals surface area contributed by atoms with E-state index in [4.69, 9.17) is 9.47 Å². The summed E-state index contributed by atoms with van der Waals surface area (Å²) >= 11 is 0. The monoisotopic (exact) mass is 255 g/mol. The number of ether oxygens (including phenoxy) is 2. The normalized spacial score (nSPS) is 28.7. The molecule has 0 bridgehead atoms. The van der Waals surface area contributed by atoms with Gasteiger partial charge < -0.3 is 14.8 Å². The lowest BCUT2D eigenvalue weighted by molar-refractivity contribution is -0.0633. The maximum atomic E-state index is 6.34. The Labute approximate surface area is 112 Å². The van der Waals surface area contributed by atoms with Crippen LogP contribution < -0.4 is 5.32 Å². The zero-order chi connectivity index (χ0) is 12.8. The molecule has 0 amide bonds. The first-order valence-electron chi connectivity index (χ1n) is 7.73. The van der Waals surface area contributed by atoms with E-state index in [2.05, 4.69) is 12.2 Å². The highest BCUT2D eigenvalue weighted by molar-refractivity contribution is 4.91. The van der Waals surface area contributed by atoms with Crippen LogP contribution in [0.5, 0.6) is 0 Å². The van der Waals surface area contributed by atoms with Gasteiger partial charge in [0.2, 0.25) is 0 Å². The van der Waals surface area contributed by atoms with Crippen molar-refractivity contribution in [1.82, 2.24) is 5.32 Å². The molecule has 1 saturated heterocycles. The van der Waals surface area contributed by atoms with Crippen molar-refractivity contribution < 1.29 is 9.47 Å².